The van der Waals surface area contributed by atoms with Crippen LogP contribution in [-0.2, 0) is 23.9 Å². The third kappa shape index (κ3) is 4.13. The fraction of sp³-hybridized carbons (Fsp3) is 0.611. The van der Waals surface area contributed by atoms with Crippen molar-refractivity contribution in [1.82, 2.24) is 10.2 Å². The van der Waals surface area contributed by atoms with Gasteiger partial charge in [0.1, 0.15) is 6.04 Å². The number of allylic oxidation sites excluding steroid dienone is 1. The first-order valence-corrected chi connectivity index (χ1v) is 8.99. The number of carbonyl (C=O) groups is 3. The molecular weight excluding hydrogens is 340 g/mol. The lowest BCUT2D eigenvalue weighted by molar-refractivity contribution is -0.142. The summed E-state index contributed by atoms with van der Waals surface area (Å²) in [7, 11) is 0. The second-order valence-electron chi connectivity index (χ2n) is 6.55. The average molecular weight is 364 g/mol. The highest BCUT2D eigenvalue weighted by Gasteiger charge is 2.40. The van der Waals surface area contributed by atoms with Crippen molar-refractivity contribution in [1.29, 1.82) is 0 Å². The Balaban J connectivity index is 1.54. The number of aliphatic hydroxyl groups excluding tert-OH is 1. The lowest BCUT2D eigenvalue weighted by Gasteiger charge is -2.29. The van der Waals surface area contributed by atoms with Crippen LogP contribution in [0.15, 0.2) is 23.0 Å². The molecule has 3 rings (SSSR count). The summed E-state index contributed by atoms with van der Waals surface area (Å²) >= 11 is 0. The minimum Gasteiger partial charge on any atom is -0.498 e. The van der Waals surface area contributed by atoms with Crippen LogP contribution in [-0.4, -0.2) is 66.7 Å². The molecule has 1 fully saturated rings. The van der Waals surface area contributed by atoms with E-state index >= 15 is 0 Å². The van der Waals surface area contributed by atoms with Gasteiger partial charge in [-0.05, 0) is 24.5 Å². The number of amides is 3. The van der Waals surface area contributed by atoms with Crippen molar-refractivity contribution in [3.63, 3.8) is 0 Å². The van der Waals surface area contributed by atoms with Gasteiger partial charge in [0.25, 0.3) is 5.91 Å². The number of hydrogen-bond acceptors (Lipinski definition) is 6. The van der Waals surface area contributed by atoms with Gasteiger partial charge in [-0.3, -0.25) is 19.7 Å². The molecule has 0 bridgehead atoms. The molecule has 3 amide bonds. The van der Waals surface area contributed by atoms with Gasteiger partial charge in [-0.15, -0.1) is 0 Å². The van der Waals surface area contributed by atoms with Gasteiger partial charge in [0, 0.05) is 38.0 Å². The third-order valence-electron chi connectivity index (χ3n) is 4.75. The van der Waals surface area contributed by atoms with Gasteiger partial charge in [-0.2, -0.15) is 0 Å². The van der Waals surface area contributed by atoms with E-state index in [0.29, 0.717) is 45.6 Å². The van der Waals surface area contributed by atoms with Crippen LogP contribution in [0.25, 0.3) is 0 Å². The summed E-state index contributed by atoms with van der Waals surface area (Å²) in [6.45, 7) is 1.78. The molecule has 2 N–H and O–H groups in total. The number of carbonyl (C=O) groups excluding carboxylic acids is 3. The maximum absolute atomic E-state index is 12.6. The molecule has 2 heterocycles. The predicted molar refractivity (Wildman–Crippen MR) is 90.7 cm³/mol. The number of rotatable bonds is 8. The van der Waals surface area contributed by atoms with Crippen LogP contribution < -0.4 is 5.32 Å². The van der Waals surface area contributed by atoms with Gasteiger partial charge in [-0.25, -0.2) is 0 Å². The van der Waals surface area contributed by atoms with Gasteiger partial charge >= 0.3 is 0 Å². The highest BCUT2D eigenvalue weighted by Crippen LogP contribution is 2.33. The lowest BCUT2D eigenvalue weighted by Crippen LogP contribution is -2.53. The summed E-state index contributed by atoms with van der Waals surface area (Å²) in [6.07, 6.45) is 4.52. The number of ether oxygens (including phenoxy) is 2. The summed E-state index contributed by atoms with van der Waals surface area (Å²) in [5.41, 5.74) is 1.64. The quantitative estimate of drug-likeness (QED) is 0.465. The first-order valence-electron chi connectivity index (χ1n) is 8.99. The molecule has 0 spiro atoms. The number of hydrogen-bond donors (Lipinski definition) is 2. The lowest BCUT2D eigenvalue weighted by atomic mass is 9.98. The minimum atomic E-state index is -0.577. The van der Waals surface area contributed by atoms with Crippen molar-refractivity contribution in [3.8, 4) is 0 Å². The maximum atomic E-state index is 12.6. The van der Waals surface area contributed by atoms with E-state index in [1.165, 1.54) is 0 Å². The van der Waals surface area contributed by atoms with E-state index in [4.69, 9.17) is 14.6 Å². The monoisotopic (exact) mass is 364 g/mol. The number of imide groups is 1. The Morgan fingerprint density at radius 2 is 2.00 bits per heavy atom. The van der Waals surface area contributed by atoms with Gasteiger partial charge in [0.2, 0.25) is 11.8 Å². The molecule has 1 saturated heterocycles. The second kappa shape index (κ2) is 8.46. The minimum absolute atomic E-state index is 0.0145. The Kier molecular flexibility index (Phi) is 6.05. The van der Waals surface area contributed by atoms with Gasteiger partial charge in [0.05, 0.1) is 25.6 Å². The highest BCUT2D eigenvalue weighted by atomic mass is 16.5. The van der Waals surface area contributed by atoms with Gasteiger partial charge in [0.15, 0.2) is 0 Å². The van der Waals surface area contributed by atoms with Crippen molar-refractivity contribution in [3.05, 3.63) is 23.0 Å². The van der Waals surface area contributed by atoms with Crippen molar-refractivity contribution < 1.29 is 29.0 Å². The molecule has 26 heavy (non-hydrogen) atoms. The Morgan fingerprint density at radius 1 is 1.15 bits per heavy atom. The first-order chi connectivity index (χ1) is 12.6. The first kappa shape index (κ1) is 18.6. The summed E-state index contributed by atoms with van der Waals surface area (Å²) < 4.78 is 10.9. The number of nitrogens with zero attached hydrogens (tertiary/aromatic N) is 1. The summed E-state index contributed by atoms with van der Waals surface area (Å²) in [4.78, 5) is 37.5. The van der Waals surface area contributed by atoms with E-state index in [2.05, 4.69) is 5.32 Å². The number of nitrogens with one attached hydrogen (secondary N) is 1. The zero-order valence-corrected chi connectivity index (χ0v) is 14.7. The van der Waals surface area contributed by atoms with Crippen LogP contribution in [0.2, 0.25) is 0 Å². The van der Waals surface area contributed by atoms with Crippen molar-refractivity contribution in [2.24, 2.45) is 0 Å². The number of piperidine rings is 1. The maximum Gasteiger partial charge on any atom is 0.251 e. The normalized spacial score (nSPS) is 23.1. The van der Waals surface area contributed by atoms with Gasteiger partial charge in [-0.1, -0.05) is 0 Å². The van der Waals surface area contributed by atoms with Crippen molar-refractivity contribution >= 4 is 17.7 Å². The van der Waals surface area contributed by atoms with Crippen molar-refractivity contribution in [2.45, 2.75) is 38.1 Å². The van der Waals surface area contributed by atoms with Crippen LogP contribution in [0.1, 0.15) is 32.1 Å². The average Bonchev–Trinajstić information content (AvgIpc) is 2.94. The molecule has 2 aliphatic heterocycles. The van der Waals surface area contributed by atoms with E-state index < -0.39 is 11.9 Å². The SMILES string of the molecule is O=C1CCC(N2CC3=C(CCC(OCCCOCCO)=C3)C2=O)C(=O)N1. The molecule has 1 unspecified atom stereocenters. The van der Waals surface area contributed by atoms with Crippen LogP contribution in [0, 0.1) is 0 Å². The molecule has 0 saturated carbocycles. The fourth-order valence-corrected chi connectivity index (χ4v) is 3.45. The molecule has 0 radical (unpaired) electrons. The largest absolute Gasteiger partial charge is 0.498 e. The molecule has 8 nitrogen and oxygen atoms in total. The molecule has 0 aromatic rings. The molecule has 1 aliphatic carbocycles. The Hall–Kier alpha value is -2.19. The van der Waals surface area contributed by atoms with Gasteiger partial charge < -0.3 is 19.5 Å². The van der Waals surface area contributed by atoms with E-state index in [1.54, 1.807) is 4.90 Å². The molecule has 3 aliphatic rings. The van der Waals surface area contributed by atoms with Crippen LogP contribution >= 0.6 is 0 Å². The summed E-state index contributed by atoms with van der Waals surface area (Å²) in [5, 5.41) is 10.9. The molecule has 1 atom stereocenters. The molecule has 8 heteroatoms. The zero-order chi connectivity index (χ0) is 18.5. The molecule has 142 valence electrons. The smallest absolute Gasteiger partial charge is 0.251 e. The molecular formula is C18H24N2O6. The zero-order valence-electron chi connectivity index (χ0n) is 14.7. The highest BCUT2D eigenvalue weighted by molar-refractivity contribution is 6.05. The van der Waals surface area contributed by atoms with E-state index in [-0.39, 0.29) is 24.8 Å². The Bertz CT molecular complexity index is 654. The predicted octanol–water partition coefficient (Wildman–Crippen LogP) is 0.0237. The van der Waals surface area contributed by atoms with E-state index in [9.17, 15) is 14.4 Å². The molecule has 0 aromatic heterocycles. The van der Waals surface area contributed by atoms with Crippen LogP contribution in [0.3, 0.4) is 0 Å². The number of aliphatic hydroxyl groups is 1. The fourth-order valence-electron chi connectivity index (χ4n) is 3.45. The Morgan fingerprint density at radius 3 is 2.77 bits per heavy atom. The van der Waals surface area contributed by atoms with E-state index in [0.717, 1.165) is 23.3 Å². The molecule has 0 aromatic carbocycles. The van der Waals surface area contributed by atoms with Crippen LogP contribution in [0.4, 0.5) is 0 Å². The van der Waals surface area contributed by atoms with Crippen LogP contribution in [0.5, 0.6) is 0 Å². The van der Waals surface area contributed by atoms with Crippen molar-refractivity contribution in [2.75, 3.05) is 33.0 Å². The van der Waals surface area contributed by atoms with E-state index in [1.807, 2.05) is 6.08 Å². The second-order valence-corrected chi connectivity index (χ2v) is 6.55. The summed E-state index contributed by atoms with van der Waals surface area (Å²) in [5.74, 6) is 0.0537. The standard InChI is InChI=1S/C18H24N2O6/c21-6-9-25-7-1-8-26-13-2-3-14-12(10-13)11-20(18(14)24)15-4-5-16(22)19-17(15)23/h10,15,21H,1-9,11H2,(H,19,22,23). The topological polar surface area (TPSA) is 105 Å². The summed E-state index contributed by atoms with van der Waals surface area (Å²) in [6, 6.07) is -0.577. The Labute approximate surface area is 151 Å². The third-order valence-corrected chi connectivity index (χ3v) is 4.75.